The average Bonchev–Trinajstić information content (AvgIpc) is 2.81. The maximum absolute atomic E-state index is 11.7. The minimum atomic E-state index is -0.0303. The standard InChI is InChI=1S/C13H8Cl2OS/c14-11-3-1-9(12(15)7-11)2-4-13(16)10-5-6-17-8-10/h1-8H. The Morgan fingerprint density at radius 2 is 2.06 bits per heavy atom. The Morgan fingerprint density at radius 1 is 1.24 bits per heavy atom. The summed E-state index contributed by atoms with van der Waals surface area (Å²) in [6.07, 6.45) is 3.20. The Labute approximate surface area is 113 Å². The lowest BCUT2D eigenvalue weighted by Crippen LogP contribution is -1.90. The molecule has 0 N–H and O–H groups in total. The quantitative estimate of drug-likeness (QED) is 0.575. The Kier molecular flexibility index (Phi) is 4.00. The van der Waals surface area contributed by atoms with Gasteiger partial charge >= 0.3 is 0 Å². The van der Waals surface area contributed by atoms with Gasteiger partial charge in [0.15, 0.2) is 5.78 Å². The Morgan fingerprint density at radius 3 is 2.71 bits per heavy atom. The molecule has 0 unspecified atom stereocenters. The second-order valence-electron chi connectivity index (χ2n) is 3.38. The number of benzene rings is 1. The fourth-order valence-corrected chi connectivity index (χ4v) is 2.42. The summed E-state index contributed by atoms with van der Waals surface area (Å²) in [6.45, 7) is 0. The lowest BCUT2D eigenvalue weighted by molar-refractivity contribution is 0.104. The molecule has 1 aromatic heterocycles. The molecular weight excluding hydrogens is 275 g/mol. The van der Waals surface area contributed by atoms with Gasteiger partial charge in [-0.05, 0) is 41.3 Å². The van der Waals surface area contributed by atoms with Crippen LogP contribution in [0.3, 0.4) is 0 Å². The third-order valence-corrected chi connectivity index (χ3v) is 3.43. The molecule has 0 bridgehead atoms. The predicted octanol–water partition coefficient (Wildman–Crippen LogP) is 4.95. The van der Waals surface area contributed by atoms with E-state index < -0.39 is 0 Å². The molecule has 0 fully saturated rings. The van der Waals surface area contributed by atoms with Crippen LogP contribution in [0.1, 0.15) is 15.9 Å². The third-order valence-electron chi connectivity index (χ3n) is 2.18. The maximum atomic E-state index is 11.7. The number of thiophene rings is 1. The van der Waals surface area contributed by atoms with Crippen molar-refractivity contribution in [3.8, 4) is 0 Å². The molecule has 0 radical (unpaired) electrons. The normalized spacial score (nSPS) is 10.9. The van der Waals surface area contributed by atoms with Crippen molar-refractivity contribution in [3.63, 3.8) is 0 Å². The lowest BCUT2D eigenvalue weighted by atomic mass is 10.1. The second-order valence-corrected chi connectivity index (χ2v) is 5.00. The lowest BCUT2D eigenvalue weighted by Gasteiger charge is -1.98. The summed E-state index contributed by atoms with van der Waals surface area (Å²) in [5.41, 5.74) is 1.47. The number of halogens is 2. The van der Waals surface area contributed by atoms with Gasteiger partial charge in [0.2, 0.25) is 0 Å². The first-order chi connectivity index (χ1) is 8.16. The molecule has 1 aromatic carbocycles. The highest BCUT2D eigenvalue weighted by Gasteiger charge is 2.02. The first-order valence-electron chi connectivity index (χ1n) is 4.86. The first kappa shape index (κ1) is 12.4. The highest BCUT2D eigenvalue weighted by molar-refractivity contribution is 7.08. The van der Waals surface area contributed by atoms with Crippen LogP contribution < -0.4 is 0 Å². The van der Waals surface area contributed by atoms with E-state index in [9.17, 15) is 4.79 Å². The topological polar surface area (TPSA) is 17.1 Å². The van der Waals surface area contributed by atoms with Crippen molar-refractivity contribution in [1.29, 1.82) is 0 Å². The van der Waals surface area contributed by atoms with Crippen molar-refractivity contribution in [3.05, 3.63) is 62.3 Å². The van der Waals surface area contributed by atoms with Crippen molar-refractivity contribution >= 4 is 46.4 Å². The van der Waals surface area contributed by atoms with E-state index in [-0.39, 0.29) is 5.78 Å². The van der Waals surface area contributed by atoms with E-state index in [1.807, 2.05) is 10.8 Å². The number of carbonyl (C=O) groups excluding carboxylic acids is 1. The van der Waals surface area contributed by atoms with E-state index in [1.165, 1.54) is 17.4 Å². The van der Waals surface area contributed by atoms with Crippen LogP contribution >= 0.6 is 34.5 Å². The minimum absolute atomic E-state index is 0.0303. The smallest absolute Gasteiger partial charge is 0.186 e. The fraction of sp³-hybridized carbons (Fsp3) is 0. The van der Waals surface area contributed by atoms with Gasteiger partial charge in [-0.1, -0.05) is 29.3 Å². The van der Waals surface area contributed by atoms with E-state index >= 15 is 0 Å². The Bertz CT molecular complexity index is 559. The van der Waals surface area contributed by atoms with Gasteiger partial charge in [0.25, 0.3) is 0 Å². The molecule has 2 aromatic rings. The fourth-order valence-electron chi connectivity index (χ4n) is 1.30. The van der Waals surface area contributed by atoms with E-state index in [0.717, 1.165) is 5.56 Å². The molecule has 0 atom stereocenters. The molecule has 2 rings (SSSR count). The van der Waals surface area contributed by atoms with Gasteiger partial charge in [0.05, 0.1) is 0 Å². The van der Waals surface area contributed by atoms with Gasteiger partial charge < -0.3 is 0 Å². The molecule has 0 saturated heterocycles. The zero-order valence-corrected chi connectivity index (χ0v) is 11.0. The molecule has 0 aliphatic carbocycles. The van der Waals surface area contributed by atoms with Crippen LogP contribution in [0, 0.1) is 0 Å². The minimum Gasteiger partial charge on any atom is -0.289 e. The molecule has 4 heteroatoms. The number of hydrogen-bond donors (Lipinski definition) is 0. The summed E-state index contributed by atoms with van der Waals surface area (Å²) in [7, 11) is 0. The van der Waals surface area contributed by atoms with Crippen LogP contribution in [-0.4, -0.2) is 5.78 Å². The van der Waals surface area contributed by atoms with Gasteiger partial charge in [-0.3, -0.25) is 4.79 Å². The van der Waals surface area contributed by atoms with Gasteiger partial charge in [-0.25, -0.2) is 0 Å². The molecule has 0 amide bonds. The van der Waals surface area contributed by atoms with Crippen LogP contribution in [0.5, 0.6) is 0 Å². The summed E-state index contributed by atoms with van der Waals surface area (Å²) in [4.78, 5) is 11.7. The summed E-state index contributed by atoms with van der Waals surface area (Å²) in [5, 5.41) is 4.80. The van der Waals surface area contributed by atoms with Crippen molar-refractivity contribution < 1.29 is 4.79 Å². The number of rotatable bonds is 3. The van der Waals surface area contributed by atoms with Gasteiger partial charge in [0.1, 0.15) is 0 Å². The van der Waals surface area contributed by atoms with Crippen molar-refractivity contribution in [2.24, 2.45) is 0 Å². The van der Waals surface area contributed by atoms with Crippen LogP contribution in [0.4, 0.5) is 0 Å². The van der Waals surface area contributed by atoms with E-state index in [0.29, 0.717) is 15.6 Å². The zero-order chi connectivity index (χ0) is 12.3. The Balaban J connectivity index is 2.18. The van der Waals surface area contributed by atoms with Gasteiger partial charge in [-0.15, -0.1) is 0 Å². The van der Waals surface area contributed by atoms with E-state index in [4.69, 9.17) is 23.2 Å². The highest BCUT2D eigenvalue weighted by Crippen LogP contribution is 2.22. The first-order valence-corrected chi connectivity index (χ1v) is 6.56. The van der Waals surface area contributed by atoms with Crippen LogP contribution in [-0.2, 0) is 0 Å². The molecule has 17 heavy (non-hydrogen) atoms. The number of carbonyl (C=O) groups is 1. The largest absolute Gasteiger partial charge is 0.289 e. The maximum Gasteiger partial charge on any atom is 0.186 e. The number of allylic oxidation sites excluding steroid dienone is 1. The summed E-state index contributed by atoms with van der Waals surface area (Å²) < 4.78 is 0. The Hall–Kier alpha value is -1.09. The molecule has 0 spiro atoms. The molecule has 1 nitrogen and oxygen atoms in total. The second kappa shape index (κ2) is 5.50. The average molecular weight is 283 g/mol. The molecule has 0 aliphatic heterocycles. The molecular formula is C13H8Cl2OS. The van der Waals surface area contributed by atoms with E-state index in [2.05, 4.69) is 0 Å². The summed E-state index contributed by atoms with van der Waals surface area (Å²) >= 11 is 13.3. The monoisotopic (exact) mass is 282 g/mol. The predicted molar refractivity (Wildman–Crippen MR) is 74.1 cm³/mol. The summed E-state index contributed by atoms with van der Waals surface area (Å²) in [6, 6.07) is 6.96. The highest BCUT2D eigenvalue weighted by atomic mass is 35.5. The molecule has 86 valence electrons. The van der Waals surface area contributed by atoms with Crippen LogP contribution in [0.25, 0.3) is 6.08 Å². The van der Waals surface area contributed by atoms with Crippen LogP contribution in [0.15, 0.2) is 41.1 Å². The van der Waals surface area contributed by atoms with Crippen molar-refractivity contribution in [1.82, 2.24) is 0 Å². The third kappa shape index (κ3) is 3.19. The molecule has 1 heterocycles. The van der Waals surface area contributed by atoms with Gasteiger partial charge in [-0.2, -0.15) is 11.3 Å². The van der Waals surface area contributed by atoms with Crippen molar-refractivity contribution in [2.75, 3.05) is 0 Å². The van der Waals surface area contributed by atoms with Crippen molar-refractivity contribution in [2.45, 2.75) is 0 Å². The SMILES string of the molecule is O=C(C=Cc1ccc(Cl)cc1Cl)c1ccsc1. The summed E-state index contributed by atoms with van der Waals surface area (Å²) in [5.74, 6) is -0.0303. The number of ketones is 1. The molecule has 0 saturated carbocycles. The zero-order valence-electron chi connectivity index (χ0n) is 8.69. The molecule has 0 aliphatic rings. The van der Waals surface area contributed by atoms with Crippen LogP contribution in [0.2, 0.25) is 10.0 Å². The van der Waals surface area contributed by atoms with E-state index in [1.54, 1.807) is 30.3 Å². The van der Waals surface area contributed by atoms with Gasteiger partial charge in [0, 0.05) is 21.0 Å². The number of hydrogen-bond acceptors (Lipinski definition) is 2.